The van der Waals surface area contributed by atoms with E-state index >= 15 is 0 Å². The first-order valence-corrected chi connectivity index (χ1v) is 15.3. The van der Waals surface area contributed by atoms with Crippen LogP contribution >= 0.6 is 34.7 Å². The Hall–Kier alpha value is -4.19. The summed E-state index contributed by atoms with van der Waals surface area (Å²) in [7, 11) is 0. The smallest absolute Gasteiger partial charge is 0.301 e. The van der Waals surface area contributed by atoms with Crippen LogP contribution in [0, 0.1) is 5.82 Å². The van der Waals surface area contributed by atoms with E-state index < -0.39 is 17.7 Å². The average Bonchev–Trinajstić information content (AvgIpc) is 3.58. The van der Waals surface area contributed by atoms with E-state index in [1.165, 1.54) is 28.8 Å². The zero-order valence-electron chi connectivity index (χ0n) is 22.8. The van der Waals surface area contributed by atoms with Gasteiger partial charge in [-0.3, -0.25) is 14.5 Å². The standard InChI is InChI=1S/C31H25ClFN3O5S2/c1-3-15-41-23-14-9-20(16-24(23)40-4-2)26-25(27(37)19-7-10-21(32)11-8-19)28(38)29(39)36(26)30-34-35-31(43-30)42-17-18-5-12-22(33)13-6-18/h3,5-14,16,26,37H,1,4,15,17H2,2H3/b27-25+. The molecular formula is C31H25ClFN3O5S2. The lowest BCUT2D eigenvalue weighted by molar-refractivity contribution is -0.132. The predicted molar refractivity (Wildman–Crippen MR) is 165 cm³/mol. The van der Waals surface area contributed by atoms with Gasteiger partial charge in [-0.1, -0.05) is 65.6 Å². The largest absolute Gasteiger partial charge is 0.507 e. The minimum atomic E-state index is -1.05. The van der Waals surface area contributed by atoms with Gasteiger partial charge < -0.3 is 14.6 Å². The molecule has 2 heterocycles. The number of carbonyl (C=O) groups excluding carboxylic acids is 2. The Morgan fingerprint density at radius 2 is 1.84 bits per heavy atom. The molecule has 8 nitrogen and oxygen atoms in total. The monoisotopic (exact) mass is 637 g/mol. The Labute approximate surface area is 260 Å². The molecular weight excluding hydrogens is 613 g/mol. The van der Waals surface area contributed by atoms with Crippen molar-refractivity contribution in [3.8, 4) is 11.5 Å². The van der Waals surface area contributed by atoms with Crippen LogP contribution in [0.4, 0.5) is 9.52 Å². The molecule has 0 saturated carbocycles. The van der Waals surface area contributed by atoms with Crippen LogP contribution in [-0.2, 0) is 15.3 Å². The van der Waals surface area contributed by atoms with Gasteiger partial charge in [-0.15, -0.1) is 10.2 Å². The third-order valence-electron chi connectivity index (χ3n) is 6.38. The first-order chi connectivity index (χ1) is 20.8. The minimum Gasteiger partial charge on any atom is -0.507 e. The Bertz CT molecular complexity index is 1690. The summed E-state index contributed by atoms with van der Waals surface area (Å²) < 4.78 is 25.4. The Kier molecular flexibility index (Phi) is 9.44. The normalized spacial score (nSPS) is 16.0. The topological polar surface area (TPSA) is 102 Å². The lowest BCUT2D eigenvalue weighted by Crippen LogP contribution is -2.29. The average molecular weight is 638 g/mol. The molecule has 3 aromatic carbocycles. The van der Waals surface area contributed by atoms with Crippen LogP contribution in [0.25, 0.3) is 5.76 Å². The van der Waals surface area contributed by atoms with Crippen molar-refractivity contribution in [3.63, 3.8) is 0 Å². The molecule has 5 rings (SSSR count). The number of halogens is 2. The summed E-state index contributed by atoms with van der Waals surface area (Å²) in [6.07, 6.45) is 1.60. The molecule has 4 aromatic rings. The van der Waals surface area contributed by atoms with Crippen molar-refractivity contribution >= 4 is 57.3 Å². The number of ether oxygens (including phenoxy) is 2. The quantitative estimate of drug-likeness (QED) is 0.0460. The third kappa shape index (κ3) is 6.58. The lowest BCUT2D eigenvalue weighted by atomic mass is 9.95. The van der Waals surface area contributed by atoms with Crippen molar-refractivity contribution in [2.45, 2.75) is 23.1 Å². The summed E-state index contributed by atoms with van der Waals surface area (Å²) in [5, 5.41) is 20.5. The van der Waals surface area contributed by atoms with E-state index in [1.54, 1.807) is 60.7 Å². The summed E-state index contributed by atoms with van der Waals surface area (Å²) in [6.45, 7) is 6.08. The molecule has 12 heteroatoms. The second-order valence-corrected chi connectivity index (χ2v) is 11.8. The maximum atomic E-state index is 13.6. The highest BCUT2D eigenvalue weighted by molar-refractivity contribution is 8.00. The van der Waals surface area contributed by atoms with E-state index in [1.807, 2.05) is 6.92 Å². The van der Waals surface area contributed by atoms with Crippen molar-refractivity contribution in [2.75, 3.05) is 18.1 Å². The van der Waals surface area contributed by atoms with Gasteiger partial charge in [0.1, 0.15) is 18.2 Å². The second kappa shape index (κ2) is 13.4. The number of carbonyl (C=O) groups is 2. The summed E-state index contributed by atoms with van der Waals surface area (Å²) in [5.41, 5.74) is 1.56. The van der Waals surface area contributed by atoms with Gasteiger partial charge in [-0.05, 0) is 66.6 Å². The van der Waals surface area contributed by atoms with Crippen molar-refractivity contribution < 1.29 is 28.6 Å². The van der Waals surface area contributed by atoms with Gasteiger partial charge in [0.25, 0.3) is 5.78 Å². The van der Waals surface area contributed by atoms with Crippen LogP contribution < -0.4 is 14.4 Å². The molecule has 1 aromatic heterocycles. The number of rotatable bonds is 11. The number of benzene rings is 3. The summed E-state index contributed by atoms with van der Waals surface area (Å²) >= 11 is 8.53. The van der Waals surface area contributed by atoms with Gasteiger partial charge in [0.2, 0.25) is 5.13 Å². The van der Waals surface area contributed by atoms with Gasteiger partial charge in [-0.2, -0.15) is 0 Å². The fraction of sp³-hybridized carbons (Fsp3) is 0.161. The first kappa shape index (κ1) is 30.3. The molecule has 1 fully saturated rings. The number of aliphatic hydroxyl groups is 1. The number of amides is 1. The summed E-state index contributed by atoms with van der Waals surface area (Å²) in [4.78, 5) is 28.3. The van der Waals surface area contributed by atoms with Gasteiger partial charge in [0, 0.05) is 16.3 Å². The molecule has 1 saturated heterocycles. The fourth-order valence-electron chi connectivity index (χ4n) is 4.42. The van der Waals surface area contributed by atoms with E-state index in [2.05, 4.69) is 16.8 Å². The summed E-state index contributed by atoms with van der Waals surface area (Å²) in [5.74, 6) is -1.08. The van der Waals surface area contributed by atoms with Crippen LogP contribution in [0.15, 0.2) is 89.3 Å². The Morgan fingerprint density at radius 1 is 1.09 bits per heavy atom. The van der Waals surface area contributed by atoms with Crippen LogP contribution in [0.5, 0.6) is 11.5 Å². The molecule has 0 radical (unpaired) electrons. The first-order valence-electron chi connectivity index (χ1n) is 13.1. The molecule has 43 heavy (non-hydrogen) atoms. The van der Waals surface area contributed by atoms with E-state index in [9.17, 15) is 19.1 Å². The number of Topliss-reactive ketones (excluding diaryl/α,β-unsaturated/α-hetero) is 1. The van der Waals surface area contributed by atoms with Crippen molar-refractivity contribution in [3.05, 3.63) is 112 Å². The number of aliphatic hydroxyl groups excluding tert-OH is 1. The van der Waals surface area contributed by atoms with Crippen molar-refractivity contribution in [1.82, 2.24) is 10.2 Å². The van der Waals surface area contributed by atoms with Crippen LogP contribution in [-0.4, -0.2) is 40.2 Å². The Balaban J connectivity index is 1.57. The molecule has 1 aliphatic rings. The second-order valence-electron chi connectivity index (χ2n) is 9.18. The van der Waals surface area contributed by atoms with E-state index in [0.717, 1.165) is 16.9 Å². The maximum absolute atomic E-state index is 13.6. The molecule has 1 unspecified atom stereocenters. The number of ketones is 1. The number of hydrogen-bond acceptors (Lipinski definition) is 9. The van der Waals surface area contributed by atoms with Gasteiger partial charge in [0.05, 0.1) is 18.2 Å². The molecule has 1 amide bonds. The molecule has 220 valence electrons. The fourth-order valence-corrected chi connectivity index (χ4v) is 6.37. The van der Waals surface area contributed by atoms with Crippen molar-refractivity contribution in [1.29, 1.82) is 0 Å². The number of nitrogens with zero attached hydrogens (tertiary/aromatic N) is 3. The van der Waals surface area contributed by atoms with Gasteiger partial charge >= 0.3 is 5.91 Å². The van der Waals surface area contributed by atoms with E-state index in [0.29, 0.717) is 44.3 Å². The molecule has 0 aliphatic carbocycles. The van der Waals surface area contributed by atoms with Crippen LogP contribution in [0.3, 0.4) is 0 Å². The van der Waals surface area contributed by atoms with Crippen LogP contribution in [0.1, 0.15) is 29.7 Å². The highest BCUT2D eigenvalue weighted by atomic mass is 35.5. The molecule has 1 atom stereocenters. The predicted octanol–water partition coefficient (Wildman–Crippen LogP) is 7.21. The highest BCUT2D eigenvalue weighted by Gasteiger charge is 2.48. The highest BCUT2D eigenvalue weighted by Crippen LogP contribution is 2.45. The third-order valence-corrected chi connectivity index (χ3v) is 8.76. The molecule has 1 aliphatic heterocycles. The SMILES string of the molecule is C=CCOc1ccc(C2/C(=C(\O)c3ccc(Cl)cc3)C(=O)C(=O)N2c2nnc(SCc3ccc(F)cc3)s2)cc1OCC. The van der Waals surface area contributed by atoms with Crippen LogP contribution in [0.2, 0.25) is 5.02 Å². The number of hydrogen-bond donors (Lipinski definition) is 1. The van der Waals surface area contributed by atoms with Gasteiger partial charge in [-0.25, -0.2) is 4.39 Å². The number of anilines is 1. The number of aromatic nitrogens is 2. The molecule has 0 spiro atoms. The zero-order chi connectivity index (χ0) is 30.5. The minimum absolute atomic E-state index is 0.120. The lowest BCUT2D eigenvalue weighted by Gasteiger charge is -2.23. The van der Waals surface area contributed by atoms with E-state index in [-0.39, 0.29) is 28.9 Å². The maximum Gasteiger partial charge on any atom is 0.301 e. The molecule has 0 bridgehead atoms. The van der Waals surface area contributed by atoms with Gasteiger partial charge in [0.15, 0.2) is 15.8 Å². The van der Waals surface area contributed by atoms with E-state index in [4.69, 9.17) is 21.1 Å². The van der Waals surface area contributed by atoms with Crippen molar-refractivity contribution in [2.24, 2.45) is 0 Å². The zero-order valence-corrected chi connectivity index (χ0v) is 25.2. The Morgan fingerprint density at radius 3 is 2.53 bits per heavy atom. The molecule has 1 N–H and O–H groups in total. The number of thioether (sulfide) groups is 1. The summed E-state index contributed by atoms with van der Waals surface area (Å²) in [6, 6.07) is 16.4.